The zero-order valence-electron chi connectivity index (χ0n) is 15.9. The van der Waals surface area contributed by atoms with E-state index in [2.05, 4.69) is 21.9 Å². The molecule has 1 aliphatic rings. The standard InChI is InChI=1S/C22H24N4O2/c1-28-22(27)17-7-6-10-20(21(17)26-11-4-5-12-26)25-15-13-24(14-16-25)19-9-3-2-8-18(19)23/h2-12H,13-16,23H2,1H3. The number of para-hydroxylation sites is 3. The summed E-state index contributed by atoms with van der Waals surface area (Å²) in [6.45, 7) is 3.41. The Morgan fingerprint density at radius 1 is 0.857 bits per heavy atom. The first kappa shape index (κ1) is 18.0. The molecule has 0 amide bonds. The molecule has 4 rings (SSSR count). The van der Waals surface area contributed by atoms with Gasteiger partial charge in [0, 0.05) is 38.6 Å². The van der Waals surface area contributed by atoms with Crippen LogP contribution >= 0.6 is 0 Å². The number of piperazine rings is 1. The molecule has 6 heteroatoms. The lowest BCUT2D eigenvalue weighted by Gasteiger charge is -2.38. The van der Waals surface area contributed by atoms with E-state index in [9.17, 15) is 4.79 Å². The van der Waals surface area contributed by atoms with E-state index in [1.165, 1.54) is 7.11 Å². The van der Waals surface area contributed by atoms with Crippen molar-refractivity contribution in [2.45, 2.75) is 0 Å². The summed E-state index contributed by atoms with van der Waals surface area (Å²) < 4.78 is 6.99. The van der Waals surface area contributed by atoms with Crippen molar-refractivity contribution >= 4 is 23.0 Å². The van der Waals surface area contributed by atoms with E-state index in [1.807, 2.05) is 59.4 Å². The maximum atomic E-state index is 12.4. The first-order valence-corrected chi connectivity index (χ1v) is 9.38. The molecule has 1 aliphatic heterocycles. The number of carbonyl (C=O) groups excluding carboxylic acids is 1. The second kappa shape index (κ2) is 7.68. The third-order valence-corrected chi connectivity index (χ3v) is 5.18. The van der Waals surface area contributed by atoms with Crippen LogP contribution in [0.25, 0.3) is 5.69 Å². The van der Waals surface area contributed by atoms with Gasteiger partial charge in [-0.1, -0.05) is 18.2 Å². The van der Waals surface area contributed by atoms with Crippen LogP contribution in [0.15, 0.2) is 67.0 Å². The maximum Gasteiger partial charge on any atom is 0.340 e. The van der Waals surface area contributed by atoms with Gasteiger partial charge in [0.25, 0.3) is 0 Å². The minimum absolute atomic E-state index is 0.332. The molecular weight excluding hydrogens is 352 g/mol. The van der Waals surface area contributed by atoms with Crippen LogP contribution < -0.4 is 15.5 Å². The van der Waals surface area contributed by atoms with Gasteiger partial charge in [-0.3, -0.25) is 0 Å². The molecular formula is C22H24N4O2. The van der Waals surface area contributed by atoms with Crippen molar-refractivity contribution in [3.8, 4) is 5.69 Å². The molecule has 2 heterocycles. The Balaban J connectivity index is 1.64. The molecule has 0 spiro atoms. The summed E-state index contributed by atoms with van der Waals surface area (Å²) in [5, 5.41) is 0. The van der Waals surface area contributed by atoms with E-state index < -0.39 is 0 Å². The summed E-state index contributed by atoms with van der Waals surface area (Å²) >= 11 is 0. The van der Waals surface area contributed by atoms with Gasteiger partial charge in [0.2, 0.25) is 0 Å². The summed E-state index contributed by atoms with van der Waals surface area (Å²) in [6.07, 6.45) is 3.90. The summed E-state index contributed by atoms with van der Waals surface area (Å²) in [5.41, 5.74) is 10.5. The fraction of sp³-hybridized carbons (Fsp3) is 0.227. The van der Waals surface area contributed by atoms with E-state index in [-0.39, 0.29) is 5.97 Å². The molecule has 0 saturated carbocycles. The van der Waals surface area contributed by atoms with E-state index in [0.717, 1.165) is 48.9 Å². The quantitative estimate of drug-likeness (QED) is 0.560. The third-order valence-electron chi connectivity index (χ3n) is 5.18. The Morgan fingerprint density at radius 3 is 2.11 bits per heavy atom. The lowest BCUT2D eigenvalue weighted by atomic mass is 10.1. The highest BCUT2D eigenvalue weighted by molar-refractivity contribution is 5.96. The smallest absolute Gasteiger partial charge is 0.340 e. The molecule has 0 aliphatic carbocycles. The van der Waals surface area contributed by atoms with Gasteiger partial charge >= 0.3 is 5.97 Å². The Labute approximate surface area is 164 Å². The molecule has 1 fully saturated rings. The summed E-state index contributed by atoms with van der Waals surface area (Å²) in [4.78, 5) is 17.0. The van der Waals surface area contributed by atoms with Crippen LogP contribution in [0.4, 0.5) is 17.1 Å². The fourth-order valence-electron chi connectivity index (χ4n) is 3.78. The van der Waals surface area contributed by atoms with E-state index >= 15 is 0 Å². The number of esters is 1. The van der Waals surface area contributed by atoms with Gasteiger partial charge in [-0.15, -0.1) is 0 Å². The average Bonchev–Trinajstić information content (AvgIpc) is 3.28. The van der Waals surface area contributed by atoms with Crippen LogP contribution in [0.1, 0.15) is 10.4 Å². The number of methoxy groups -OCH3 is 1. The average molecular weight is 376 g/mol. The van der Waals surface area contributed by atoms with Gasteiger partial charge < -0.3 is 24.8 Å². The van der Waals surface area contributed by atoms with Gasteiger partial charge in [-0.05, 0) is 36.4 Å². The number of nitrogen functional groups attached to an aromatic ring is 1. The molecule has 28 heavy (non-hydrogen) atoms. The molecule has 1 saturated heterocycles. The van der Waals surface area contributed by atoms with Crippen molar-refractivity contribution in [1.82, 2.24) is 4.57 Å². The summed E-state index contributed by atoms with van der Waals surface area (Å²) in [7, 11) is 1.41. The van der Waals surface area contributed by atoms with E-state index in [4.69, 9.17) is 10.5 Å². The number of hydrogen-bond donors (Lipinski definition) is 1. The highest BCUT2D eigenvalue weighted by atomic mass is 16.5. The van der Waals surface area contributed by atoms with Gasteiger partial charge in [-0.25, -0.2) is 4.79 Å². The van der Waals surface area contributed by atoms with Crippen LogP contribution in [-0.2, 0) is 4.74 Å². The first-order valence-electron chi connectivity index (χ1n) is 9.38. The molecule has 144 valence electrons. The largest absolute Gasteiger partial charge is 0.465 e. The van der Waals surface area contributed by atoms with E-state index in [0.29, 0.717) is 5.56 Å². The molecule has 0 unspecified atom stereocenters. The number of hydrogen-bond acceptors (Lipinski definition) is 5. The minimum Gasteiger partial charge on any atom is -0.465 e. The lowest BCUT2D eigenvalue weighted by Crippen LogP contribution is -2.47. The number of anilines is 3. The van der Waals surface area contributed by atoms with E-state index in [1.54, 1.807) is 0 Å². The van der Waals surface area contributed by atoms with Crippen LogP contribution in [-0.4, -0.2) is 43.8 Å². The van der Waals surface area contributed by atoms with Crippen LogP contribution in [0.3, 0.4) is 0 Å². The predicted octanol–water partition coefficient (Wildman–Crippen LogP) is 3.17. The lowest BCUT2D eigenvalue weighted by molar-refractivity contribution is 0.0601. The maximum absolute atomic E-state index is 12.4. The SMILES string of the molecule is COC(=O)c1cccc(N2CCN(c3ccccc3N)CC2)c1-n1cccc1. The normalized spacial score (nSPS) is 14.2. The Hall–Kier alpha value is -3.41. The zero-order valence-corrected chi connectivity index (χ0v) is 15.9. The molecule has 2 aromatic carbocycles. The third kappa shape index (κ3) is 3.29. The van der Waals surface area contributed by atoms with Crippen LogP contribution in [0, 0.1) is 0 Å². The topological polar surface area (TPSA) is 63.7 Å². The summed E-state index contributed by atoms with van der Waals surface area (Å²) in [5.74, 6) is -0.332. The predicted molar refractivity (Wildman–Crippen MR) is 112 cm³/mol. The molecule has 2 N–H and O–H groups in total. The molecule has 0 radical (unpaired) electrons. The minimum atomic E-state index is -0.332. The van der Waals surface area contributed by atoms with Crippen molar-refractivity contribution in [2.75, 3.05) is 48.8 Å². The van der Waals surface area contributed by atoms with Crippen molar-refractivity contribution in [3.63, 3.8) is 0 Å². The number of nitrogens with two attached hydrogens (primary N) is 1. The highest BCUT2D eigenvalue weighted by Crippen LogP contribution is 2.31. The number of aromatic nitrogens is 1. The van der Waals surface area contributed by atoms with Crippen molar-refractivity contribution in [1.29, 1.82) is 0 Å². The molecule has 3 aromatic rings. The number of benzene rings is 2. The zero-order chi connectivity index (χ0) is 19.5. The molecule has 1 aromatic heterocycles. The Morgan fingerprint density at radius 2 is 1.46 bits per heavy atom. The Kier molecular flexibility index (Phi) is 4.93. The number of rotatable bonds is 4. The van der Waals surface area contributed by atoms with Crippen LogP contribution in [0.5, 0.6) is 0 Å². The fourth-order valence-corrected chi connectivity index (χ4v) is 3.78. The molecule has 0 bridgehead atoms. The van der Waals surface area contributed by atoms with Crippen molar-refractivity contribution < 1.29 is 9.53 Å². The monoisotopic (exact) mass is 376 g/mol. The number of ether oxygens (including phenoxy) is 1. The Bertz CT molecular complexity index is 960. The second-order valence-electron chi connectivity index (χ2n) is 6.79. The highest BCUT2D eigenvalue weighted by Gasteiger charge is 2.24. The first-order chi connectivity index (χ1) is 13.7. The number of carbonyl (C=O) groups is 1. The van der Waals surface area contributed by atoms with Crippen molar-refractivity contribution in [2.24, 2.45) is 0 Å². The van der Waals surface area contributed by atoms with Gasteiger partial charge in [0.15, 0.2) is 0 Å². The van der Waals surface area contributed by atoms with Crippen LogP contribution in [0.2, 0.25) is 0 Å². The van der Waals surface area contributed by atoms with Crippen molar-refractivity contribution in [3.05, 3.63) is 72.6 Å². The second-order valence-corrected chi connectivity index (χ2v) is 6.79. The molecule has 6 nitrogen and oxygen atoms in total. The van der Waals surface area contributed by atoms with Gasteiger partial charge in [0.1, 0.15) is 0 Å². The summed E-state index contributed by atoms with van der Waals surface area (Å²) in [6, 6.07) is 17.7. The molecule has 0 atom stereocenters. The van der Waals surface area contributed by atoms with Gasteiger partial charge in [0.05, 0.1) is 35.4 Å². The number of nitrogens with zero attached hydrogens (tertiary/aromatic N) is 3. The van der Waals surface area contributed by atoms with Gasteiger partial charge in [-0.2, -0.15) is 0 Å².